The number of halogens is 2. The standard InChI is InChI=1S/C24H35F2NO5/c1-3-4-5-6-7-8-9-10-20-24(32-22(28)14-27)23(29-2)21(16-31-20)30-15-17-11-12-18(25)13-19(17)26/h9-13,20-21,23-24H,3-8,14-16,27H2,1-2H3/t20-,21+,23-,24+/m0/s1. The zero-order chi connectivity index (χ0) is 23.3. The van der Waals surface area contributed by atoms with Gasteiger partial charge in [0, 0.05) is 18.7 Å². The van der Waals surface area contributed by atoms with Crippen LogP contribution in [-0.4, -0.2) is 50.6 Å². The molecule has 1 aliphatic rings. The van der Waals surface area contributed by atoms with Crippen molar-refractivity contribution in [3.05, 3.63) is 47.5 Å². The fourth-order valence-corrected chi connectivity index (χ4v) is 3.65. The van der Waals surface area contributed by atoms with Crippen LogP contribution in [0.2, 0.25) is 0 Å². The highest BCUT2D eigenvalue weighted by atomic mass is 19.1. The van der Waals surface area contributed by atoms with Gasteiger partial charge in [-0.25, -0.2) is 8.78 Å². The summed E-state index contributed by atoms with van der Waals surface area (Å²) in [7, 11) is 1.49. The van der Waals surface area contributed by atoms with Gasteiger partial charge in [-0.3, -0.25) is 4.79 Å². The molecule has 0 unspecified atom stereocenters. The van der Waals surface area contributed by atoms with Crippen LogP contribution in [0.25, 0.3) is 0 Å². The Morgan fingerprint density at radius 3 is 2.69 bits per heavy atom. The number of hydrogen-bond donors (Lipinski definition) is 1. The largest absolute Gasteiger partial charge is 0.455 e. The average molecular weight is 456 g/mol. The lowest BCUT2D eigenvalue weighted by Gasteiger charge is -2.40. The van der Waals surface area contributed by atoms with Crippen molar-refractivity contribution in [1.29, 1.82) is 0 Å². The lowest BCUT2D eigenvalue weighted by Crippen LogP contribution is -2.56. The molecule has 1 aliphatic heterocycles. The van der Waals surface area contributed by atoms with E-state index >= 15 is 0 Å². The number of allylic oxidation sites excluding steroid dienone is 1. The van der Waals surface area contributed by atoms with E-state index in [0.29, 0.717) is 0 Å². The van der Waals surface area contributed by atoms with Gasteiger partial charge >= 0.3 is 5.97 Å². The summed E-state index contributed by atoms with van der Waals surface area (Å²) in [4.78, 5) is 11.9. The Kier molecular flexibility index (Phi) is 11.8. The van der Waals surface area contributed by atoms with Crippen LogP contribution in [0.3, 0.4) is 0 Å². The van der Waals surface area contributed by atoms with Crippen molar-refractivity contribution in [3.63, 3.8) is 0 Å². The van der Waals surface area contributed by atoms with Gasteiger partial charge in [-0.2, -0.15) is 0 Å². The van der Waals surface area contributed by atoms with E-state index < -0.39 is 42.0 Å². The van der Waals surface area contributed by atoms with Gasteiger partial charge < -0.3 is 24.7 Å². The molecule has 8 heteroatoms. The van der Waals surface area contributed by atoms with E-state index in [1.165, 1.54) is 44.9 Å². The molecule has 0 spiro atoms. The summed E-state index contributed by atoms with van der Waals surface area (Å²) in [5.41, 5.74) is 5.63. The second kappa shape index (κ2) is 14.3. The van der Waals surface area contributed by atoms with E-state index in [9.17, 15) is 13.6 Å². The molecular formula is C24H35F2NO5. The predicted molar refractivity (Wildman–Crippen MR) is 117 cm³/mol. The first-order chi connectivity index (χ1) is 15.5. The van der Waals surface area contributed by atoms with Crippen LogP contribution in [0.15, 0.2) is 30.4 Å². The Morgan fingerprint density at radius 2 is 2.00 bits per heavy atom. The molecule has 1 aromatic rings. The minimum Gasteiger partial charge on any atom is -0.455 e. The monoisotopic (exact) mass is 455 g/mol. The molecule has 0 aliphatic carbocycles. The molecule has 0 saturated carbocycles. The predicted octanol–water partition coefficient (Wildman–Crippen LogP) is 4.05. The second-order valence-electron chi connectivity index (χ2n) is 7.87. The fourth-order valence-electron chi connectivity index (χ4n) is 3.65. The summed E-state index contributed by atoms with van der Waals surface area (Å²) >= 11 is 0. The minimum absolute atomic E-state index is 0.101. The molecule has 180 valence electrons. The van der Waals surface area contributed by atoms with Crippen LogP contribution in [0.4, 0.5) is 8.78 Å². The Morgan fingerprint density at radius 1 is 1.22 bits per heavy atom. The maximum Gasteiger partial charge on any atom is 0.320 e. The van der Waals surface area contributed by atoms with Crippen molar-refractivity contribution >= 4 is 5.97 Å². The lowest BCUT2D eigenvalue weighted by atomic mass is 9.98. The van der Waals surface area contributed by atoms with Gasteiger partial charge in [-0.05, 0) is 18.9 Å². The van der Waals surface area contributed by atoms with Gasteiger partial charge in [0.1, 0.15) is 29.9 Å². The maximum absolute atomic E-state index is 13.9. The van der Waals surface area contributed by atoms with Crippen molar-refractivity contribution in [3.8, 4) is 0 Å². The SMILES string of the molecule is CCCCCCCC=C[C@@H]1OC[C@@H](OCc2ccc(F)cc2F)[C@H](OC)[C@@H]1OC(=O)CN. The summed E-state index contributed by atoms with van der Waals surface area (Å²) in [6.45, 7) is 1.98. The first-order valence-corrected chi connectivity index (χ1v) is 11.3. The van der Waals surface area contributed by atoms with Gasteiger partial charge in [0.2, 0.25) is 0 Å². The Bertz CT molecular complexity index is 730. The molecule has 2 N–H and O–H groups in total. The van der Waals surface area contributed by atoms with Crippen LogP contribution in [0, 0.1) is 11.6 Å². The lowest BCUT2D eigenvalue weighted by molar-refractivity contribution is -0.216. The molecule has 0 bridgehead atoms. The highest BCUT2D eigenvalue weighted by molar-refractivity contribution is 5.71. The summed E-state index contributed by atoms with van der Waals surface area (Å²) in [5.74, 6) is -1.93. The van der Waals surface area contributed by atoms with Crippen molar-refractivity contribution in [2.45, 2.75) is 76.5 Å². The zero-order valence-electron chi connectivity index (χ0n) is 18.9. The molecule has 1 aromatic carbocycles. The number of hydrogen-bond acceptors (Lipinski definition) is 6. The van der Waals surface area contributed by atoms with E-state index in [-0.39, 0.29) is 25.3 Å². The van der Waals surface area contributed by atoms with Gasteiger partial charge in [0.05, 0.1) is 19.8 Å². The quantitative estimate of drug-likeness (QED) is 0.275. The van der Waals surface area contributed by atoms with Crippen LogP contribution in [0.1, 0.15) is 51.0 Å². The molecule has 32 heavy (non-hydrogen) atoms. The Labute approximate surface area is 189 Å². The average Bonchev–Trinajstić information content (AvgIpc) is 2.78. The number of unbranched alkanes of at least 4 members (excludes halogenated alkanes) is 5. The maximum atomic E-state index is 13.9. The number of methoxy groups -OCH3 is 1. The van der Waals surface area contributed by atoms with Gasteiger partial charge in [0.15, 0.2) is 6.10 Å². The fraction of sp³-hybridized carbons (Fsp3) is 0.625. The van der Waals surface area contributed by atoms with Crippen molar-refractivity contribution < 1.29 is 32.5 Å². The molecular weight excluding hydrogens is 420 g/mol. The van der Waals surface area contributed by atoms with Crippen LogP contribution >= 0.6 is 0 Å². The van der Waals surface area contributed by atoms with Gasteiger partial charge in [0.25, 0.3) is 0 Å². The number of carbonyl (C=O) groups excluding carboxylic acids is 1. The Balaban J connectivity index is 2.00. The first-order valence-electron chi connectivity index (χ1n) is 11.3. The summed E-state index contributed by atoms with van der Waals surface area (Å²) < 4.78 is 49.9. The second-order valence-corrected chi connectivity index (χ2v) is 7.87. The number of esters is 1. The van der Waals surface area contributed by atoms with E-state index in [1.54, 1.807) is 0 Å². The zero-order valence-corrected chi connectivity index (χ0v) is 18.9. The smallest absolute Gasteiger partial charge is 0.320 e. The normalized spacial score (nSPS) is 23.5. The molecule has 6 nitrogen and oxygen atoms in total. The van der Waals surface area contributed by atoms with E-state index in [2.05, 4.69) is 6.92 Å². The molecule has 0 radical (unpaired) electrons. The van der Waals surface area contributed by atoms with Crippen molar-refractivity contribution in [2.24, 2.45) is 5.73 Å². The molecule has 0 aromatic heterocycles. The number of carbonyl (C=O) groups is 1. The highest BCUT2D eigenvalue weighted by Crippen LogP contribution is 2.26. The van der Waals surface area contributed by atoms with Gasteiger partial charge in [-0.15, -0.1) is 0 Å². The van der Waals surface area contributed by atoms with Crippen LogP contribution < -0.4 is 5.73 Å². The van der Waals surface area contributed by atoms with E-state index in [1.807, 2.05) is 12.2 Å². The molecule has 4 atom stereocenters. The summed E-state index contributed by atoms with van der Waals surface area (Å²) in [6.07, 6.45) is 8.23. The van der Waals surface area contributed by atoms with Crippen molar-refractivity contribution in [2.75, 3.05) is 20.3 Å². The third-order valence-corrected chi connectivity index (χ3v) is 5.44. The molecule has 0 amide bonds. The first kappa shape index (κ1) is 26.4. The van der Waals surface area contributed by atoms with Crippen LogP contribution in [0.5, 0.6) is 0 Å². The topological polar surface area (TPSA) is 80.0 Å². The summed E-state index contributed by atoms with van der Waals surface area (Å²) in [6, 6.07) is 3.30. The highest BCUT2D eigenvalue weighted by Gasteiger charge is 2.43. The van der Waals surface area contributed by atoms with Crippen LogP contribution in [-0.2, 0) is 30.3 Å². The number of benzene rings is 1. The molecule has 1 saturated heterocycles. The molecule has 1 heterocycles. The number of nitrogens with two attached hydrogens (primary N) is 1. The Hall–Kier alpha value is -1.87. The van der Waals surface area contributed by atoms with Gasteiger partial charge in [-0.1, -0.05) is 50.8 Å². The molecule has 1 fully saturated rings. The minimum atomic E-state index is -0.760. The van der Waals surface area contributed by atoms with E-state index in [4.69, 9.17) is 24.7 Å². The summed E-state index contributed by atoms with van der Waals surface area (Å²) in [5, 5.41) is 0. The third-order valence-electron chi connectivity index (χ3n) is 5.44. The van der Waals surface area contributed by atoms with Crippen molar-refractivity contribution in [1.82, 2.24) is 0 Å². The third kappa shape index (κ3) is 8.24. The number of ether oxygens (including phenoxy) is 4. The van der Waals surface area contributed by atoms with E-state index in [0.717, 1.165) is 18.9 Å². The number of rotatable bonds is 13. The molecule has 2 rings (SSSR count).